The fraction of sp³-hybridized carbons (Fsp3) is 0.0213. The molecule has 0 aromatic heterocycles. The predicted octanol–water partition coefficient (Wildman–Crippen LogP) is 12.4. The average molecular weight is 627 g/mol. The lowest BCUT2D eigenvalue weighted by atomic mass is 9.67. The highest BCUT2D eigenvalue weighted by Gasteiger charge is 2.46. The van der Waals surface area contributed by atoms with E-state index in [1.807, 2.05) is 0 Å². The Bertz CT molecular complexity index is 2370. The molecule has 1 aliphatic rings. The van der Waals surface area contributed by atoms with Gasteiger partial charge in [-0.1, -0.05) is 146 Å². The molecule has 8 aromatic rings. The van der Waals surface area contributed by atoms with Crippen molar-refractivity contribution in [3.05, 3.63) is 222 Å². The second-order valence-corrected chi connectivity index (χ2v) is 12.6. The molecule has 9 rings (SSSR count). The Morgan fingerprint density at radius 2 is 0.959 bits per heavy atom. The molecule has 49 heavy (non-hydrogen) atoms. The lowest BCUT2D eigenvalue weighted by Gasteiger charge is -2.35. The minimum Gasteiger partial charge on any atom is -0.355 e. The van der Waals surface area contributed by atoms with Gasteiger partial charge >= 0.3 is 0 Å². The summed E-state index contributed by atoms with van der Waals surface area (Å²) in [6, 6.07) is 72.3. The molecule has 0 saturated carbocycles. The number of para-hydroxylation sites is 2. The molecule has 2 nitrogen and oxygen atoms in total. The summed E-state index contributed by atoms with van der Waals surface area (Å²) in [5.41, 5.74) is 12.5. The number of nitrogens with one attached hydrogen (secondary N) is 1. The predicted molar refractivity (Wildman–Crippen MR) is 206 cm³/mol. The number of benzene rings is 8. The normalized spacial score (nSPS) is 14.6. The zero-order valence-electron chi connectivity index (χ0n) is 27.0. The fourth-order valence-corrected chi connectivity index (χ4v) is 7.80. The Morgan fingerprint density at radius 3 is 1.73 bits per heavy atom. The quantitative estimate of drug-likeness (QED) is 0.189. The van der Waals surface area contributed by atoms with Crippen LogP contribution >= 0.6 is 0 Å². The van der Waals surface area contributed by atoms with Crippen LogP contribution in [-0.2, 0) is 5.41 Å². The molecular formula is C47H34N2. The Kier molecular flexibility index (Phi) is 7.06. The van der Waals surface area contributed by atoms with Gasteiger partial charge in [-0.2, -0.15) is 0 Å². The van der Waals surface area contributed by atoms with Crippen LogP contribution in [-0.4, -0.2) is 0 Å². The van der Waals surface area contributed by atoms with Crippen molar-refractivity contribution in [2.24, 2.45) is 0 Å². The molecule has 1 unspecified atom stereocenters. The van der Waals surface area contributed by atoms with Crippen molar-refractivity contribution >= 4 is 39.2 Å². The van der Waals surface area contributed by atoms with Gasteiger partial charge in [-0.05, 0) is 93.4 Å². The van der Waals surface area contributed by atoms with Crippen LogP contribution in [0.25, 0.3) is 21.9 Å². The second kappa shape index (κ2) is 12.0. The van der Waals surface area contributed by atoms with E-state index in [4.69, 9.17) is 0 Å². The highest BCUT2D eigenvalue weighted by molar-refractivity contribution is 5.96. The van der Waals surface area contributed by atoms with Gasteiger partial charge in [0.05, 0.1) is 5.41 Å². The number of fused-ring (bicyclic) bond motifs is 4. The van der Waals surface area contributed by atoms with Gasteiger partial charge in [0.15, 0.2) is 0 Å². The Labute approximate surface area is 287 Å². The molecule has 8 aromatic carbocycles. The molecule has 0 saturated heterocycles. The third-order valence-electron chi connectivity index (χ3n) is 9.89. The first kappa shape index (κ1) is 28.8. The minimum atomic E-state index is -0.543. The summed E-state index contributed by atoms with van der Waals surface area (Å²) in [5.74, 6) is 0. The van der Waals surface area contributed by atoms with Crippen molar-refractivity contribution < 1.29 is 0 Å². The monoisotopic (exact) mass is 626 g/mol. The van der Waals surface area contributed by atoms with Crippen LogP contribution in [0.2, 0.25) is 0 Å². The van der Waals surface area contributed by atoms with Crippen molar-refractivity contribution in [1.82, 2.24) is 0 Å². The summed E-state index contributed by atoms with van der Waals surface area (Å²) < 4.78 is 0. The second-order valence-electron chi connectivity index (χ2n) is 12.6. The Hall–Kier alpha value is -6.38. The number of rotatable bonds is 7. The first-order chi connectivity index (χ1) is 24.3. The third-order valence-corrected chi connectivity index (χ3v) is 9.89. The zero-order valence-corrected chi connectivity index (χ0v) is 27.0. The third kappa shape index (κ3) is 4.80. The summed E-state index contributed by atoms with van der Waals surface area (Å²) in [5, 5.41) is 6.23. The van der Waals surface area contributed by atoms with E-state index < -0.39 is 5.41 Å². The molecule has 0 heterocycles. The van der Waals surface area contributed by atoms with Gasteiger partial charge in [0, 0.05) is 33.8 Å². The van der Waals surface area contributed by atoms with E-state index >= 15 is 0 Å². The van der Waals surface area contributed by atoms with Crippen molar-refractivity contribution in [2.45, 2.75) is 5.41 Å². The van der Waals surface area contributed by atoms with Crippen LogP contribution in [0, 0.1) is 0 Å². The maximum Gasteiger partial charge on any atom is 0.0715 e. The highest BCUT2D eigenvalue weighted by Crippen LogP contribution is 2.57. The topological polar surface area (TPSA) is 15.3 Å². The summed E-state index contributed by atoms with van der Waals surface area (Å²) >= 11 is 0. The van der Waals surface area contributed by atoms with Crippen molar-refractivity contribution in [3.63, 3.8) is 0 Å². The molecule has 1 N–H and O–H groups in total. The Balaban J connectivity index is 1.28. The van der Waals surface area contributed by atoms with Crippen LogP contribution in [0.15, 0.2) is 200 Å². The largest absolute Gasteiger partial charge is 0.355 e. The van der Waals surface area contributed by atoms with Gasteiger partial charge in [0.25, 0.3) is 0 Å². The summed E-state index contributed by atoms with van der Waals surface area (Å²) in [6.07, 6.45) is 0. The number of hydrogen-bond donors (Lipinski definition) is 1. The number of hydrogen-bond acceptors (Lipinski definition) is 2. The summed E-state index contributed by atoms with van der Waals surface area (Å²) in [7, 11) is 0. The van der Waals surface area contributed by atoms with Gasteiger partial charge in [0.2, 0.25) is 0 Å². The highest BCUT2D eigenvalue weighted by atomic mass is 15.1. The lowest BCUT2D eigenvalue weighted by Crippen LogP contribution is -2.29. The van der Waals surface area contributed by atoms with Crippen molar-refractivity contribution in [2.75, 3.05) is 10.2 Å². The van der Waals surface area contributed by atoms with Crippen LogP contribution in [0.4, 0.5) is 28.4 Å². The van der Waals surface area contributed by atoms with Crippen LogP contribution in [0.1, 0.15) is 22.3 Å². The van der Waals surface area contributed by atoms with E-state index in [-0.39, 0.29) is 0 Å². The first-order valence-electron chi connectivity index (χ1n) is 16.9. The van der Waals surface area contributed by atoms with E-state index in [9.17, 15) is 0 Å². The molecular weight excluding hydrogens is 593 g/mol. The molecule has 2 heteroatoms. The molecule has 0 aliphatic heterocycles. The van der Waals surface area contributed by atoms with Crippen LogP contribution in [0.3, 0.4) is 0 Å². The molecule has 0 amide bonds. The number of anilines is 5. The van der Waals surface area contributed by atoms with Crippen molar-refractivity contribution in [1.29, 1.82) is 0 Å². The van der Waals surface area contributed by atoms with Gasteiger partial charge < -0.3 is 10.2 Å². The maximum atomic E-state index is 3.81. The fourth-order valence-electron chi connectivity index (χ4n) is 7.80. The molecule has 0 bridgehead atoms. The standard InChI is InChI=1S/C47H34N2/c1-4-18-35(19-5-1)47(36-20-15-25-40(32-36)49(38-21-6-2-7-22-38)39-23-8-3-9-24-39)44-28-13-12-27-42(44)43-31-30-37(33-45(43)47)48-46-29-14-17-34-16-10-11-26-41(34)46/h1-33,48H. The number of nitrogens with zero attached hydrogens (tertiary/aromatic N) is 1. The van der Waals surface area contributed by atoms with Gasteiger partial charge in [-0.25, -0.2) is 0 Å². The average Bonchev–Trinajstić information content (AvgIpc) is 3.47. The SMILES string of the molecule is c1ccc(N(c2ccccc2)c2cccc(C3(c4ccccc4)c4ccccc4-c4ccc(Nc5cccc6ccccc56)cc43)c2)cc1. The van der Waals surface area contributed by atoms with Gasteiger partial charge in [-0.15, -0.1) is 0 Å². The van der Waals surface area contributed by atoms with E-state index in [0.717, 1.165) is 28.4 Å². The zero-order chi connectivity index (χ0) is 32.6. The van der Waals surface area contributed by atoms with E-state index in [1.54, 1.807) is 0 Å². The Morgan fingerprint density at radius 1 is 0.388 bits per heavy atom. The van der Waals surface area contributed by atoms with Crippen LogP contribution in [0.5, 0.6) is 0 Å². The summed E-state index contributed by atoms with van der Waals surface area (Å²) in [6.45, 7) is 0. The van der Waals surface area contributed by atoms with Crippen molar-refractivity contribution in [3.8, 4) is 11.1 Å². The molecule has 232 valence electrons. The maximum absolute atomic E-state index is 3.81. The van der Waals surface area contributed by atoms with Gasteiger partial charge in [-0.3, -0.25) is 0 Å². The first-order valence-corrected chi connectivity index (χ1v) is 16.9. The molecule has 0 spiro atoms. The van der Waals surface area contributed by atoms with Gasteiger partial charge in [0.1, 0.15) is 0 Å². The molecule has 1 atom stereocenters. The summed E-state index contributed by atoms with van der Waals surface area (Å²) in [4.78, 5) is 2.35. The van der Waals surface area contributed by atoms with Crippen LogP contribution < -0.4 is 10.2 Å². The van der Waals surface area contributed by atoms with E-state index in [2.05, 4.69) is 210 Å². The molecule has 0 fully saturated rings. The lowest BCUT2D eigenvalue weighted by molar-refractivity contribution is 0.768. The molecule has 0 radical (unpaired) electrons. The van der Waals surface area contributed by atoms with E-state index in [0.29, 0.717) is 0 Å². The molecule has 1 aliphatic carbocycles. The van der Waals surface area contributed by atoms with E-state index in [1.165, 1.54) is 44.2 Å². The smallest absolute Gasteiger partial charge is 0.0715 e. The minimum absolute atomic E-state index is 0.543.